The summed E-state index contributed by atoms with van der Waals surface area (Å²) in [5.41, 5.74) is 0. The molecule has 1 aromatic rings. The summed E-state index contributed by atoms with van der Waals surface area (Å²) in [5.74, 6) is 0.0854. The largest absolute Gasteiger partial charge is 0.343 e. The standard InChI is InChI=1S/C10H13FN4O/c11-9-6-12-10(13-7-9)15-3-1-2-14(8-16)4-5-15/h6-8H,1-5H2. The molecule has 0 aliphatic carbocycles. The molecule has 0 atom stereocenters. The van der Waals surface area contributed by atoms with E-state index in [-0.39, 0.29) is 0 Å². The molecule has 2 rings (SSSR count). The Labute approximate surface area is 92.9 Å². The zero-order chi connectivity index (χ0) is 11.4. The number of anilines is 1. The van der Waals surface area contributed by atoms with Crippen LogP contribution in [0.5, 0.6) is 0 Å². The summed E-state index contributed by atoms with van der Waals surface area (Å²) < 4.78 is 12.7. The lowest BCUT2D eigenvalue weighted by atomic mass is 10.4. The van der Waals surface area contributed by atoms with Crippen LogP contribution in [0, 0.1) is 5.82 Å². The number of hydrogen-bond acceptors (Lipinski definition) is 4. The fraction of sp³-hybridized carbons (Fsp3) is 0.500. The van der Waals surface area contributed by atoms with E-state index < -0.39 is 5.82 Å². The second-order valence-corrected chi connectivity index (χ2v) is 3.68. The highest BCUT2D eigenvalue weighted by Crippen LogP contribution is 2.10. The summed E-state index contributed by atoms with van der Waals surface area (Å²) in [6.07, 6.45) is 4.05. The van der Waals surface area contributed by atoms with Crippen molar-refractivity contribution >= 4 is 12.4 Å². The predicted octanol–water partition coefficient (Wildman–Crippen LogP) is 0.284. The number of carbonyl (C=O) groups excluding carboxylic acids is 1. The van der Waals surface area contributed by atoms with Crippen LogP contribution in [-0.4, -0.2) is 47.5 Å². The molecule has 1 saturated heterocycles. The SMILES string of the molecule is O=CN1CCCN(c2ncc(F)cn2)CC1. The van der Waals surface area contributed by atoms with E-state index in [0.717, 1.165) is 38.3 Å². The highest BCUT2D eigenvalue weighted by atomic mass is 19.1. The van der Waals surface area contributed by atoms with E-state index in [1.54, 1.807) is 4.90 Å². The van der Waals surface area contributed by atoms with Gasteiger partial charge in [0.2, 0.25) is 12.4 Å². The van der Waals surface area contributed by atoms with Crippen LogP contribution in [0.4, 0.5) is 10.3 Å². The minimum absolute atomic E-state index is 0.437. The molecule has 0 bridgehead atoms. The monoisotopic (exact) mass is 224 g/mol. The maximum Gasteiger partial charge on any atom is 0.225 e. The first-order valence-corrected chi connectivity index (χ1v) is 5.21. The van der Waals surface area contributed by atoms with E-state index >= 15 is 0 Å². The van der Waals surface area contributed by atoms with E-state index in [4.69, 9.17) is 0 Å². The third-order valence-corrected chi connectivity index (χ3v) is 2.57. The first-order chi connectivity index (χ1) is 7.79. The van der Waals surface area contributed by atoms with E-state index in [1.165, 1.54) is 0 Å². The average molecular weight is 224 g/mol. The number of aromatic nitrogens is 2. The van der Waals surface area contributed by atoms with Crippen molar-refractivity contribution in [2.75, 3.05) is 31.1 Å². The average Bonchev–Trinajstić information content (AvgIpc) is 2.55. The van der Waals surface area contributed by atoms with Gasteiger partial charge in [0.15, 0.2) is 5.82 Å². The van der Waals surface area contributed by atoms with Gasteiger partial charge in [-0.15, -0.1) is 0 Å². The maximum atomic E-state index is 12.7. The summed E-state index contributed by atoms with van der Waals surface area (Å²) in [5, 5.41) is 0. The number of carbonyl (C=O) groups is 1. The Morgan fingerprint density at radius 3 is 2.62 bits per heavy atom. The topological polar surface area (TPSA) is 49.3 Å². The highest BCUT2D eigenvalue weighted by Gasteiger charge is 2.15. The molecule has 1 fully saturated rings. The van der Waals surface area contributed by atoms with Crippen molar-refractivity contribution in [1.82, 2.24) is 14.9 Å². The lowest BCUT2D eigenvalue weighted by Gasteiger charge is -2.19. The van der Waals surface area contributed by atoms with Gasteiger partial charge in [0.1, 0.15) is 0 Å². The number of nitrogens with zero attached hydrogens (tertiary/aromatic N) is 4. The molecule has 1 amide bonds. The van der Waals surface area contributed by atoms with Crippen molar-refractivity contribution in [2.45, 2.75) is 6.42 Å². The molecule has 0 saturated carbocycles. The summed E-state index contributed by atoms with van der Waals surface area (Å²) in [6, 6.07) is 0. The molecule has 0 N–H and O–H groups in total. The quantitative estimate of drug-likeness (QED) is 0.677. The van der Waals surface area contributed by atoms with Crippen molar-refractivity contribution in [3.05, 3.63) is 18.2 Å². The first-order valence-electron chi connectivity index (χ1n) is 5.21. The van der Waals surface area contributed by atoms with Crippen LogP contribution in [0.25, 0.3) is 0 Å². The third-order valence-electron chi connectivity index (χ3n) is 2.57. The summed E-state index contributed by atoms with van der Waals surface area (Å²) in [6.45, 7) is 2.88. The Hall–Kier alpha value is -1.72. The minimum Gasteiger partial charge on any atom is -0.343 e. The van der Waals surface area contributed by atoms with Crippen molar-refractivity contribution in [1.29, 1.82) is 0 Å². The van der Waals surface area contributed by atoms with Crippen molar-refractivity contribution in [3.63, 3.8) is 0 Å². The van der Waals surface area contributed by atoms with Gasteiger partial charge in [-0.2, -0.15) is 0 Å². The Kier molecular flexibility index (Phi) is 3.28. The molecule has 2 heterocycles. The lowest BCUT2D eigenvalue weighted by molar-refractivity contribution is -0.117. The van der Waals surface area contributed by atoms with Crippen LogP contribution < -0.4 is 4.90 Å². The Bertz CT molecular complexity index is 356. The van der Waals surface area contributed by atoms with E-state index in [0.29, 0.717) is 19.0 Å². The Morgan fingerprint density at radius 1 is 1.19 bits per heavy atom. The molecule has 86 valence electrons. The second-order valence-electron chi connectivity index (χ2n) is 3.68. The third kappa shape index (κ3) is 2.44. The molecule has 0 spiro atoms. The molecule has 1 aliphatic heterocycles. The van der Waals surface area contributed by atoms with Crippen molar-refractivity contribution in [2.24, 2.45) is 0 Å². The molecule has 0 radical (unpaired) electrons. The molecular weight excluding hydrogens is 211 g/mol. The summed E-state index contributed by atoms with van der Waals surface area (Å²) in [4.78, 5) is 22.2. The Balaban J connectivity index is 2.04. The van der Waals surface area contributed by atoms with Crippen LogP contribution in [-0.2, 0) is 4.79 Å². The van der Waals surface area contributed by atoms with Crippen molar-refractivity contribution in [3.8, 4) is 0 Å². The first kappa shape index (κ1) is 10.8. The van der Waals surface area contributed by atoms with Gasteiger partial charge in [-0.1, -0.05) is 0 Å². The molecular formula is C10H13FN4O. The maximum absolute atomic E-state index is 12.7. The van der Waals surface area contributed by atoms with Crippen LogP contribution in [0.3, 0.4) is 0 Å². The van der Waals surface area contributed by atoms with Crippen LogP contribution in [0.1, 0.15) is 6.42 Å². The van der Waals surface area contributed by atoms with Gasteiger partial charge in [-0.25, -0.2) is 14.4 Å². The van der Waals surface area contributed by atoms with Crippen LogP contribution in [0.2, 0.25) is 0 Å². The predicted molar refractivity (Wildman–Crippen MR) is 56.5 cm³/mol. The van der Waals surface area contributed by atoms with Gasteiger partial charge in [0, 0.05) is 26.2 Å². The van der Waals surface area contributed by atoms with Crippen LogP contribution >= 0.6 is 0 Å². The van der Waals surface area contributed by atoms with E-state index in [2.05, 4.69) is 9.97 Å². The van der Waals surface area contributed by atoms with Gasteiger partial charge in [0.25, 0.3) is 0 Å². The summed E-state index contributed by atoms with van der Waals surface area (Å²) >= 11 is 0. The summed E-state index contributed by atoms with van der Waals surface area (Å²) in [7, 11) is 0. The Morgan fingerprint density at radius 2 is 1.94 bits per heavy atom. The zero-order valence-electron chi connectivity index (χ0n) is 8.84. The van der Waals surface area contributed by atoms with Gasteiger partial charge in [-0.05, 0) is 6.42 Å². The highest BCUT2D eigenvalue weighted by molar-refractivity contribution is 5.47. The van der Waals surface area contributed by atoms with E-state index in [1.807, 2.05) is 4.90 Å². The molecule has 5 nitrogen and oxygen atoms in total. The minimum atomic E-state index is -0.437. The fourth-order valence-corrected chi connectivity index (χ4v) is 1.71. The second kappa shape index (κ2) is 4.87. The molecule has 0 aromatic carbocycles. The lowest BCUT2D eigenvalue weighted by Crippen LogP contribution is -2.31. The van der Waals surface area contributed by atoms with E-state index in [9.17, 15) is 9.18 Å². The smallest absolute Gasteiger partial charge is 0.225 e. The zero-order valence-corrected chi connectivity index (χ0v) is 8.84. The molecule has 16 heavy (non-hydrogen) atoms. The number of hydrogen-bond donors (Lipinski definition) is 0. The van der Waals surface area contributed by atoms with Gasteiger partial charge in [-0.3, -0.25) is 4.79 Å². The van der Waals surface area contributed by atoms with Crippen LogP contribution in [0.15, 0.2) is 12.4 Å². The van der Waals surface area contributed by atoms with Gasteiger partial charge < -0.3 is 9.80 Å². The fourth-order valence-electron chi connectivity index (χ4n) is 1.71. The number of amides is 1. The molecule has 1 aromatic heterocycles. The number of rotatable bonds is 2. The molecule has 0 unspecified atom stereocenters. The van der Waals surface area contributed by atoms with Gasteiger partial charge >= 0.3 is 0 Å². The van der Waals surface area contributed by atoms with Crippen molar-refractivity contribution < 1.29 is 9.18 Å². The molecule has 1 aliphatic rings. The normalized spacial score (nSPS) is 17.1. The molecule has 6 heteroatoms. The number of halogens is 1. The van der Waals surface area contributed by atoms with Gasteiger partial charge in [0.05, 0.1) is 12.4 Å².